The van der Waals surface area contributed by atoms with Gasteiger partial charge in [-0.2, -0.15) is 13.2 Å². The molecule has 3 heterocycles. The van der Waals surface area contributed by atoms with E-state index in [0.717, 1.165) is 46.2 Å². The molecule has 0 aliphatic heterocycles. The summed E-state index contributed by atoms with van der Waals surface area (Å²) in [6.45, 7) is 0.242. The fourth-order valence-electron chi connectivity index (χ4n) is 4.01. The standard InChI is InChI=1S/C26H22F3N5O3S2/c1-37-19-5-2-4-17(16-19)22-23(34-13-14-38-25(34)33-22)21-10-12-31-24(32-21)30-11-3-15-39(35,36)20-8-6-18(7-9-20)26(27,28)29/h2,4-10,12-14,16H,3,11,15H2,1H3,(H,30,31,32). The molecular weight excluding hydrogens is 551 g/mol. The minimum absolute atomic E-state index is 0.153. The third kappa shape index (κ3) is 5.73. The highest BCUT2D eigenvalue weighted by molar-refractivity contribution is 7.91. The lowest BCUT2D eigenvalue weighted by molar-refractivity contribution is -0.137. The molecular formula is C26H22F3N5O3S2. The van der Waals surface area contributed by atoms with Crippen molar-refractivity contribution in [3.05, 3.63) is 77.9 Å². The number of imidazole rings is 1. The number of hydrogen-bond donors (Lipinski definition) is 1. The smallest absolute Gasteiger partial charge is 0.416 e. The first-order chi connectivity index (χ1) is 18.7. The maximum atomic E-state index is 12.8. The van der Waals surface area contributed by atoms with Crippen LogP contribution in [0.3, 0.4) is 0 Å². The first-order valence-electron chi connectivity index (χ1n) is 11.7. The average molecular weight is 574 g/mol. The Balaban J connectivity index is 1.30. The van der Waals surface area contributed by atoms with Crippen LogP contribution in [0.5, 0.6) is 5.75 Å². The van der Waals surface area contributed by atoms with Gasteiger partial charge in [-0.05, 0) is 48.9 Å². The van der Waals surface area contributed by atoms with Crippen LogP contribution in [-0.4, -0.2) is 47.2 Å². The van der Waals surface area contributed by atoms with E-state index in [1.165, 1.54) is 11.3 Å². The van der Waals surface area contributed by atoms with Gasteiger partial charge in [0.1, 0.15) is 11.4 Å². The van der Waals surface area contributed by atoms with Crippen LogP contribution in [0.4, 0.5) is 19.1 Å². The summed E-state index contributed by atoms with van der Waals surface area (Å²) in [6, 6.07) is 12.8. The van der Waals surface area contributed by atoms with Gasteiger partial charge in [0.2, 0.25) is 5.95 Å². The molecule has 0 amide bonds. The zero-order chi connectivity index (χ0) is 27.6. The van der Waals surface area contributed by atoms with E-state index in [2.05, 4.69) is 15.3 Å². The molecule has 0 aliphatic carbocycles. The van der Waals surface area contributed by atoms with E-state index in [9.17, 15) is 21.6 Å². The van der Waals surface area contributed by atoms with E-state index in [-0.39, 0.29) is 23.6 Å². The fourth-order valence-corrected chi connectivity index (χ4v) is 6.03. The van der Waals surface area contributed by atoms with E-state index in [4.69, 9.17) is 9.72 Å². The van der Waals surface area contributed by atoms with Crippen molar-refractivity contribution < 1.29 is 26.3 Å². The third-order valence-electron chi connectivity index (χ3n) is 5.92. The van der Waals surface area contributed by atoms with Crippen molar-refractivity contribution in [2.24, 2.45) is 0 Å². The Morgan fingerprint density at radius 3 is 2.62 bits per heavy atom. The summed E-state index contributed by atoms with van der Waals surface area (Å²) in [6.07, 6.45) is -0.812. The van der Waals surface area contributed by atoms with Crippen molar-refractivity contribution in [1.29, 1.82) is 0 Å². The lowest BCUT2D eigenvalue weighted by Gasteiger charge is -2.10. The molecule has 3 aromatic heterocycles. The molecule has 0 atom stereocenters. The van der Waals surface area contributed by atoms with Crippen molar-refractivity contribution in [3.8, 4) is 28.4 Å². The number of nitrogens with zero attached hydrogens (tertiary/aromatic N) is 4. The molecule has 1 N–H and O–H groups in total. The zero-order valence-electron chi connectivity index (χ0n) is 20.5. The van der Waals surface area contributed by atoms with Crippen molar-refractivity contribution in [2.45, 2.75) is 17.5 Å². The molecule has 0 spiro atoms. The number of sulfone groups is 1. The van der Waals surface area contributed by atoms with Gasteiger partial charge in [0, 0.05) is 29.9 Å². The number of alkyl halides is 3. The van der Waals surface area contributed by atoms with Crippen LogP contribution in [-0.2, 0) is 16.0 Å². The van der Waals surface area contributed by atoms with Gasteiger partial charge < -0.3 is 10.1 Å². The molecule has 0 saturated carbocycles. The van der Waals surface area contributed by atoms with Crippen LogP contribution < -0.4 is 10.1 Å². The van der Waals surface area contributed by atoms with Crippen LogP contribution in [0, 0.1) is 0 Å². The Hall–Kier alpha value is -3.97. The summed E-state index contributed by atoms with van der Waals surface area (Å²) < 4.78 is 70.8. The highest BCUT2D eigenvalue weighted by Gasteiger charge is 2.30. The van der Waals surface area contributed by atoms with Gasteiger partial charge in [-0.15, -0.1) is 11.3 Å². The van der Waals surface area contributed by atoms with Crippen LogP contribution in [0.2, 0.25) is 0 Å². The molecule has 202 valence electrons. The molecule has 0 radical (unpaired) electrons. The van der Waals surface area contributed by atoms with Gasteiger partial charge in [0.05, 0.1) is 34.7 Å². The van der Waals surface area contributed by atoms with Gasteiger partial charge in [0.15, 0.2) is 14.8 Å². The Morgan fingerprint density at radius 2 is 1.87 bits per heavy atom. The van der Waals surface area contributed by atoms with E-state index >= 15 is 0 Å². The maximum Gasteiger partial charge on any atom is 0.416 e. The first-order valence-corrected chi connectivity index (χ1v) is 14.3. The van der Waals surface area contributed by atoms with Crippen molar-refractivity contribution in [3.63, 3.8) is 0 Å². The number of ether oxygens (including phenoxy) is 1. The number of halogens is 3. The lowest BCUT2D eigenvalue weighted by atomic mass is 10.1. The first kappa shape index (κ1) is 26.6. The molecule has 0 unspecified atom stereocenters. The predicted molar refractivity (Wildman–Crippen MR) is 143 cm³/mol. The summed E-state index contributed by atoms with van der Waals surface area (Å²) in [5.74, 6) is 0.760. The lowest BCUT2D eigenvalue weighted by Crippen LogP contribution is -2.13. The minimum Gasteiger partial charge on any atom is -0.497 e. The van der Waals surface area contributed by atoms with E-state index in [0.29, 0.717) is 17.4 Å². The molecule has 8 nitrogen and oxygen atoms in total. The minimum atomic E-state index is -4.53. The average Bonchev–Trinajstić information content (AvgIpc) is 3.53. The quantitative estimate of drug-likeness (QED) is 0.222. The molecule has 0 bridgehead atoms. The van der Waals surface area contributed by atoms with Crippen LogP contribution in [0.25, 0.3) is 27.6 Å². The number of hydrogen-bond acceptors (Lipinski definition) is 8. The second-order valence-electron chi connectivity index (χ2n) is 8.48. The van der Waals surface area contributed by atoms with Gasteiger partial charge in [-0.3, -0.25) is 4.40 Å². The van der Waals surface area contributed by atoms with E-state index in [1.807, 2.05) is 40.2 Å². The Bertz CT molecular complexity index is 1720. The highest BCUT2D eigenvalue weighted by atomic mass is 32.2. The van der Waals surface area contributed by atoms with Crippen molar-refractivity contribution >= 4 is 32.1 Å². The molecule has 2 aromatic carbocycles. The van der Waals surface area contributed by atoms with Crippen molar-refractivity contribution in [2.75, 3.05) is 24.7 Å². The Kier molecular flexibility index (Phi) is 7.28. The number of nitrogens with one attached hydrogen (secondary N) is 1. The third-order valence-corrected chi connectivity index (χ3v) is 8.49. The SMILES string of the molecule is COc1cccc(-c2nc3sccn3c2-c2ccnc(NCCCS(=O)(=O)c3ccc(C(F)(F)F)cc3)n2)c1. The second-order valence-corrected chi connectivity index (χ2v) is 11.5. The number of rotatable bonds is 9. The van der Waals surface area contributed by atoms with Crippen LogP contribution >= 0.6 is 11.3 Å². The van der Waals surface area contributed by atoms with Gasteiger partial charge in [-0.25, -0.2) is 23.4 Å². The monoisotopic (exact) mass is 573 g/mol. The molecule has 39 heavy (non-hydrogen) atoms. The molecule has 13 heteroatoms. The van der Waals surface area contributed by atoms with Gasteiger partial charge in [-0.1, -0.05) is 12.1 Å². The van der Waals surface area contributed by atoms with Crippen LogP contribution in [0.1, 0.15) is 12.0 Å². The summed E-state index contributed by atoms with van der Waals surface area (Å²) in [4.78, 5) is 14.3. The summed E-state index contributed by atoms with van der Waals surface area (Å²) in [7, 11) is -2.15. The number of anilines is 1. The second kappa shape index (κ2) is 10.7. The molecule has 5 rings (SSSR count). The molecule has 5 aromatic rings. The number of thiazole rings is 1. The number of methoxy groups -OCH3 is 1. The Morgan fingerprint density at radius 1 is 1.08 bits per heavy atom. The largest absolute Gasteiger partial charge is 0.497 e. The molecule has 0 fully saturated rings. The maximum absolute atomic E-state index is 12.8. The van der Waals surface area contributed by atoms with Gasteiger partial charge >= 0.3 is 6.18 Å². The Labute approximate surface area is 226 Å². The van der Waals surface area contributed by atoms with Gasteiger partial charge in [0.25, 0.3) is 0 Å². The number of aromatic nitrogens is 4. The topological polar surface area (TPSA) is 98.5 Å². The number of benzene rings is 2. The van der Waals surface area contributed by atoms with E-state index < -0.39 is 21.6 Å². The highest BCUT2D eigenvalue weighted by Crippen LogP contribution is 2.35. The predicted octanol–water partition coefficient (Wildman–Crippen LogP) is 5.82. The summed E-state index contributed by atoms with van der Waals surface area (Å²) >= 11 is 1.49. The van der Waals surface area contributed by atoms with E-state index in [1.54, 1.807) is 19.4 Å². The molecule has 0 aliphatic rings. The van der Waals surface area contributed by atoms with Crippen molar-refractivity contribution in [1.82, 2.24) is 19.4 Å². The normalized spacial score (nSPS) is 12.1. The fraction of sp³-hybridized carbons (Fsp3) is 0.192. The summed E-state index contributed by atoms with van der Waals surface area (Å²) in [5.41, 5.74) is 2.09. The van der Waals surface area contributed by atoms with Crippen LogP contribution in [0.15, 0.2) is 77.3 Å². The zero-order valence-corrected chi connectivity index (χ0v) is 22.1. The number of fused-ring (bicyclic) bond motifs is 1. The summed E-state index contributed by atoms with van der Waals surface area (Å²) in [5, 5.41) is 4.97. The molecule has 0 saturated heterocycles.